The van der Waals surface area contributed by atoms with Gasteiger partial charge in [-0.05, 0) is 31.3 Å². The highest BCUT2D eigenvalue weighted by Crippen LogP contribution is 2.44. The van der Waals surface area contributed by atoms with Crippen LogP contribution in [0.15, 0.2) is 6.33 Å². The van der Waals surface area contributed by atoms with Crippen LogP contribution in [0.25, 0.3) is 10.2 Å². The fourth-order valence-electron chi connectivity index (χ4n) is 1.67. The van der Waals surface area contributed by atoms with E-state index in [0.717, 1.165) is 34.4 Å². The summed E-state index contributed by atoms with van der Waals surface area (Å²) in [5.74, 6) is 0. The van der Waals surface area contributed by atoms with Crippen LogP contribution in [-0.4, -0.2) is 14.3 Å². The molecular weight excluding hydrogens is 196 g/mol. The number of nitrogens with two attached hydrogens (primary N) is 1. The van der Waals surface area contributed by atoms with Gasteiger partial charge in [0.05, 0.1) is 22.3 Å². The summed E-state index contributed by atoms with van der Waals surface area (Å²) in [6.07, 6.45) is 3.63. The number of rotatable bonds is 1. The molecule has 0 atom stereocenters. The zero-order valence-electron chi connectivity index (χ0n) is 7.82. The molecule has 2 aromatic rings. The van der Waals surface area contributed by atoms with Crippen molar-refractivity contribution in [1.29, 1.82) is 0 Å². The van der Waals surface area contributed by atoms with Crippen LogP contribution < -0.4 is 5.73 Å². The summed E-state index contributed by atoms with van der Waals surface area (Å²) in [5.41, 5.74) is 7.93. The first-order chi connectivity index (χ1) is 6.71. The second kappa shape index (κ2) is 2.49. The first-order valence-electron chi connectivity index (χ1n) is 4.57. The van der Waals surface area contributed by atoms with E-state index < -0.39 is 0 Å². The van der Waals surface area contributed by atoms with Crippen LogP contribution in [0.4, 0.5) is 0 Å². The van der Waals surface area contributed by atoms with Gasteiger partial charge in [-0.25, -0.2) is 9.97 Å². The van der Waals surface area contributed by atoms with E-state index in [-0.39, 0.29) is 5.54 Å². The second-order valence-corrected chi connectivity index (χ2v) is 4.58. The van der Waals surface area contributed by atoms with Gasteiger partial charge in [0.25, 0.3) is 0 Å². The molecule has 0 radical (unpaired) electrons. The minimum atomic E-state index is -0.200. The maximum Gasteiger partial charge on any atom is 0.147 e. The molecule has 2 N–H and O–H groups in total. The molecule has 0 aromatic carbocycles. The van der Waals surface area contributed by atoms with Crippen LogP contribution in [0.2, 0.25) is 0 Å². The van der Waals surface area contributed by atoms with Gasteiger partial charge in [0.1, 0.15) is 11.2 Å². The number of aromatic nitrogens is 3. The maximum absolute atomic E-state index is 6.15. The summed E-state index contributed by atoms with van der Waals surface area (Å²) in [6, 6.07) is 0. The lowest BCUT2D eigenvalue weighted by Crippen LogP contribution is -2.20. The predicted octanol–water partition coefficient (Wildman–Crippen LogP) is 1.34. The molecule has 0 aliphatic heterocycles. The first kappa shape index (κ1) is 8.26. The number of aryl methyl sites for hydroxylation is 1. The Bertz CT molecular complexity index is 500. The summed E-state index contributed by atoms with van der Waals surface area (Å²) in [4.78, 5) is 9.45. The summed E-state index contributed by atoms with van der Waals surface area (Å²) < 4.78 is 4.28. The zero-order valence-corrected chi connectivity index (χ0v) is 8.64. The molecule has 0 unspecified atom stereocenters. The highest BCUT2D eigenvalue weighted by atomic mass is 32.1. The molecule has 4 nitrogen and oxygen atoms in total. The van der Waals surface area contributed by atoms with Crippen LogP contribution in [0, 0.1) is 6.92 Å². The van der Waals surface area contributed by atoms with Crippen molar-refractivity contribution in [2.45, 2.75) is 25.3 Å². The van der Waals surface area contributed by atoms with Gasteiger partial charge in [-0.15, -0.1) is 0 Å². The summed E-state index contributed by atoms with van der Waals surface area (Å²) in [7, 11) is 0. The lowest BCUT2D eigenvalue weighted by molar-refractivity contribution is 0.713. The Morgan fingerprint density at radius 3 is 2.93 bits per heavy atom. The molecule has 1 aliphatic rings. The van der Waals surface area contributed by atoms with Crippen molar-refractivity contribution in [2.24, 2.45) is 5.73 Å². The van der Waals surface area contributed by atoms with Gasteiger partial charge >= 0.3 is 0 Å². The minimum absolute atomic E-state index is 0.200. The van der Waals surface area contributed by atoms with Gasteiger partial charge in [-0.2, -0.15) is 4.37 Å². The van der Waals surface area contributed by atoms with E-state index in [9.17, 15) is 0 Å². The van der Waals surface area contributed by atoms with Gasteiger partial charge in [-0.3, -0.25) is 0 Å². The average molecular weight is 206 g/mol. The molecule has 72 valence electrons. The maximum atomic E-state index is 6.15. The van der Waals surface area contributed by atoms with E-state index in [1.165, 1.54) is 11.5 Å². The quantitative estimate of drug-likeness (QED) is 0.764. The van der Waals surface area contributed by atoms with Crippen LogP contribution in [-0.2, 0) is 5.54 Å². The van der Waals surface area contributed by atoms with Crippen molar-refractivity contribution in [3.63, 3.8) is 0 Å². The molecule has 2 aromatic heterocycles. The Balaban J connectivity index is 2.37. The highest BCUT2D eigenvalue weighted by molar-refractivity contribution is 7.12. The Morgan fingerprint density at radius 1 is 1.43 bits per heavy atom. The van der Waals surface area contributed by atoms with Crippen molar-refractivity contribution in [1.82, 2.24) is 14.3 Å². The third kappa shape index (κ3) is 0.994. The largest absolute Gasteiger partial charge is 0.320 e. The SMILES string of the molecule is Cc1nsc2ncnc(C3(N)CC3)c12. The fourth-order valence-corrected chi connectivity index (χ4v) is 2.42. The molecule has 0 spiro atoms. The molecule has 1 saturated carbocycles. The van der Waals surface area contributed by atoms with Gasteiger partial charge in [0.2, 0.25) is 0 Å². The van der Waals surface area contributed by atoms with Crippen LogP contribution in [0.1, 0.15) is 24.2 Å². The molecule has 0 saturated heterocycles. The lowest BCUT2D eigenvalue weighted by Gasteiger charge is -2.08. The van der Waals surface area contributed by atoms with Crippen LogP contribution in [0.3, 0.4) is 0 Å². The van der Waals surface area contributed by atoms with E-state index >= 15 is 0 Å². The number of hydrogen-bond acceptors (Lipinski definition) is 5. The standard InChI is InChI=1S/C9H10N4S/c1-5-6-7(9(10)2-3-9)11-4-12-8(6)14-13-5/h4H,2-3,10H2,1H3. The van der Waals surface area contributed by atoms with Gasteiger partial charge in [-0.1, -0.05) is 0 Å². The average Bonchev–Trinajstić information content (AvgIpc) is 2.83. The van der Waals surface area contributed by atoms with E-state index in [1.54, 1.807) is 6.33 Å². The van der Waals surface area contributed by atoms with Gasteiger partial charge < -0.3 is 5.73 Å². The third-order valence-corrected chi connectivity index (χ3v) is 3.55. The van der Waals surface area contributed by atoms with Crippen molar-refractivity contribution in [3.8, 4) is 0 Å². The number of hydrogen-bond donors (Lipinski definition) is 1. The molecule has 0 bridgehead atoms. The summed E-state index contributed by atoms with van der Waals surface area (Å²) in [6.45, 7) is 1.98. The first-order valence-corrected chi connectivity index (χ1v) is 5.34. The Labute approximate surface area is 85.3 Å². The molecule has 0 amide bonds. The number of nitrogens with zero attached hydrogens (tertiary/aromatic N) is 3. The molecule has 2 heterocycles. The highest BCUT2D eigenvalue weighted by Gasteiger charge is 2.43. The summed E-state index contributed by atoms with van der Waals surface area (Å²) in [5, 5.41) is 1.07. The van der Waals surface area contributed by atoms with Crippen molar-refractivity contribution in [2.75, 3.05) is 0 Å². The third-order valence-electron chi connectivity index (χ3n) is 2.70. The Kier molecular flexibility index (Phi) is 1.47. The van der Waals surface area contributed by atoms with Crippen molar-refractivity contribution < 1.29 is 0 Å². The Hall–Kier alpha value is -1.07. The molecule has 5 heteroatoms. The van der Waals surface area contributed by atoms with Crippen LogP contribution >= 0.6 is 11.5 Å². The second-order valence-electron chi connectivity index (χ2n) is 3.83. The van der Waals surface area contributed by atoms with Crippen LogP contribution in [0.5, 0.6) is 0 Å². The molecular formula is C9H10N4S. The van der Waals surface area contributed by atoms with Crippen molar-refractivity contribution >= 4 is 21.7 Å². The molecule has 3 rings (SSSR count). The normalized spacial score (nSPS) is 18.7. The number of fused-ring (bicyclic) bond motifs is 1. The van der Waals surface area contributed by atoms with Gasteiger partial charge in [0.15, 0.2) is 0 Å². The van der Waals surface area contributed by atoms with Crippen molar-refractivity contribution in [3.05, 3.63) is 17.7 Å². The Morgan fingerprint density at radius 2 is 2.21 bits per heavy atom. The molecule has 1 fully saturated rings. The predicted molar refractivity (Wildman–Crippen MR) is 55.0 cm³/mol. The summed E-state index contributed by atoms with van der Waals surface area (Å²) >= 11 is 1.42. The topological polar surface area (TPSA) is 64.7 Å². The van der Waals surface area contributed by atoms with E-state index in [2.05, 4.69) is 14.3 Å². The molecule has 1 aliphatic carbocycles. The lowest BCUT2D eigenvalue weighted by atomic mass is 10.1. The molecule has 14 heavy (non-hydrogen) atoms. The van der Waals surface area contributed by atoms with Gasteiger partial charge in [0, 0.05) is 0 Å². The van der Waals surface area contributed by atoms with E-state index in [4.69, 9.17) is 5.73 Å². The smallest absolute Gasteiger partial charge is 0.147 e. The minimum Gasteiger partial charge on any atom is -0.320 e. The zero-order chi connectivity index (χ0) is 9.76. The van der Waals surface area contributed by atoms with E-state index in [0.29, 0.717) is 0 Å². The fraction of sp³-hybridized carbons (Fsp3) is 0.444. The monoisotopic (exact) mass is 206 g/mol. The van der Waals surface area contributed by atoms with E-state index in [1.807, 2.05) is 6.92 Å².